The number of aliphatic hydroxyl groups excluding tert-OH is 1. The van der Waals surface area contributed by atoms with E-state index in [1.54, 1.807) is 29.3 Å². The predicted octanol–water partition coefficient (Wildman–Crippen LogP) is 4.25. The molecule has 4 N–H and O–H groups in total. The fraction of sp³-hybridized carbons (Fsp3) is 0.167. The summed E-state index contributed by atoms with van der Waals surface area (Å²) in [5, 5.41) is 15.8. The van der Waals surface area contributed by atoms with Crippen molar-refractivity contribution in [3.63, 3.8) is 0 Å². The fourth-order valence-corrected chi connectivity index (χ4v) is 3.52. The number of rotatable bonds is 4. The Morgan fingerprint density at radius 3 is 2.52 bits per heavy atom. The van der Waals surface area contributed by atoms with E-state index in [-0.39, 0.29) is 11.8 Å². The zero-order valence-electron chi connectivity index (χ0n) is 18.5. The second-order valence-electron chi connectivity index (χ2n) is 7.22. The maximum absolute atomic E-state index is 13.2. The van der Waals surface area contributed by atoms with Gasteiger partial charge in [-0.3, -0.25) is 4.68 Å². The number of aromatic nitrogens is 6. The summed E-state index contributed by atoms with van der Waals surface area (Å²) in [7, 11) is 1.86. The first-order valence-electron chi connectivity index (χ1n) is 10.5. The van der Waals surface area contributed by atoms with Crippen LogP contribution >= 0.6 is 0 Å². The first-order valence-corrected chi connectivity index (χ1v) is 10.5. The first kappa shape index (κ1) is 22.1. The number of aromatic amines is 1. The lowest BCUT2D eigenvalue weighted by atomic mass is 10.0. The molecule has 33 heavy (non-hydrogen) atoms. The van der Waals surface area contributed by atoms with Gasteiger partial charge in [-0.15, -0.1) is 0 Å². The van der Waals surface area contributed by atoms with Crippen LogP contribution in [0.25, 0.3) is 33.4 Å². The third kappa shape index (κ3) is 4.44. The van der Waals surface area contributed by atoms with Gasteiger partial charge in [-0.05, 0) is 29.8 Å². The van der Waals surface area contributed by atoms with Crippen molar-refractivity contribution in [1.29, 1.82) is 0 Å². The van der Waals surface area contributed by atoms with Crippen molar-refractivity contribution in [3.05, 3.63) is 78.3 Å². The molecule has 0 saturated heterocycles. The van der Waals surface area contributed by atoms with Crippen molar-refractivity contribution in [2.24, 2.45) is 7.05 Å². The molecule has 168 valence electrons. The number of nitrogens with two attached hydrogens (primary N) is 1. The van der Waals surface area contributed by atoms with E-state index < -0.39 is 6.10 Å². The van der Waals surface area contributed by atoms with Crippen molar-refractivity contribution in [2.45, 2.75) is 20.0 Å². The van der Waals surface area contributed by atoms with E-state index in [2.05, 4.69) is 25.0 Å². The highest BCUT2D eigenvalue weighted by atomic mass is 19.1. The normalized spacial score (nSPS) is 11.8. The molecule has 1 aromatic carbocycles. The Balaban J connectivity index is 0.00000126. The number of halogens is 1. The molecule has 0 amide bonds. The van der Waals surface area contributed by atoms with E-state index >= 15 is 0 Å². The van der Waals surface area contributed by atoms with Gasteiger partial charge in [0.1, 0.15) is 17.6 Å². The van der Waals surface area contributed by atoms with E-state index in [4.69, 9.17) is 5.73 Å². The van der Waals surface area contributed by atoms with Gasteiger partial charge in [-0.2, -0.15) is 5.10 Å². The highest BCUT2D eigenvalue weighted by Crippen LogP contribution is 2.32. The molecule has 0 aliphatic heterocycles. The Morgan fingerprint density at radius 2 is 1.82 bits per heavy atom. The molecular formula is C24H24FN7O. The number of aliphatic hydroxyl groups is 1. The van der Waals surface area contributed by atoms with E-state index in [1.807, 2.05) is 33.2 Å². The number of aryl methyl sites for hydroxylation is 1. The quantitative estimate of drug-likeness (QED) is 0.381. The third-order valence-corrected chi connectivity index (χ3v) is 5.07. The van der Waals surface area contributed by atoms with E-state index in [0.29, 0.717) is 22.6 Å². The number of benzene rings is 1. The number of hydrogen-bond acceptors (Lipinski definition) is 6. The summed E-state index contributed by atoms with van der Waals surface area (Å²) in [6, 6.07) is 9.26. The van der Waals surface area contributed by atoms with Crippen LogP contribution in [-0.2, 0) is 7.05 Å². The number of nitrogens with one attached hydrogen (secondary N) is 1. The summed E-state index contributed by atoms with van der Waals surface area (Å²) < 4.78 is 15.0. The number of nitrogen functional groups attached to an aromatic ring is 1. The highest BCUT2D eigenvalue weighted by Gasteiger charge is 2.17. The van der Waals surface area contributed by atoms with Gasteiger partial charge in [-0.25, -0.2) is 19.3 Å². The summed E-state index contributed by atoms with van der Waals surface area (Å²) in [5.74, 6) is -0.353. The summed E-state index contributed by atoms with van der Waals surface area (Å²) in [6.07, 6.45) is 6.18. The monoisotopic (exact) mass is 445 g/mol. The largest absolute Gasteiger partial charge is 0.382 e. The highest BCUT2D eigenvalue weighted by molar-refractivity contribution is 5.95. The van der Waals surface area contributed by atoms with Crippen molar-refractivity contribution in [1.82, 2.24) is 29.7 Å². The lowest BCUT2D eigenvalue weighted by molar-refractivity contribution is 0.215. The molecule has 1 unspecified atom stereocenters. The number of H-pyrrole nitrogens is 1. The first-order chi connectivity index (χ1) is 16.0. The van der Waals surface area contributed by atoms with Crippen molar-refractivity contribution >= 4 is 17.0 Å². The standard InChI is InChI=1S/C22H18FN7O.C2H6/c1-30-11-14(9-27-30)13-6-16-17(10-26-21(16)25-8-13)18-7-19(29-22(24)28-18)20(31)12-2-4-15(23)5-3-12;1-2/h2-11,20,31H,1H3,(H,25,26)(H2,24,28,29);1-2H3. The Labute approximate surface area is 190 Å². The van der Waals surface area contributed by atoms with Gasteiger partial charge in [0, 0.05) is 47.7 Å². The number of nitrogens with zero attached hydrogens (tertiary/aromatic N) is 5. The molecule has 8 nitrogen and oxygen atoms in total. The Morgan fingerprint density at radius 1 is 1.06 bits per heavy atom. The molecule has 0 radical (unpaired) electrons. The van der Waals surface area contributed by atoms with Crippen LogP contribution in [0.4, 0.5) is 10.3 Å². The van der Waals surface area contributed by atoms with Crippen LogP contribution < -0.4 is 5.73 Å². The molecule has 0 bridgehead atoms. The minimum atomic E-state index is -1.07. The van der Waals surface area contributed by atoms with Crippen LogP contribution in [0.1, 0.15) is 31.2 Å². The van der Waals surface area contributed by atoms with Crippen LogP contribution in [0.5, 0.6) is 0 Å². The minimum absolute atomic E-state index is 0.0272. The van der Waals surface area contributed by atoms with Gasteiger partial charge in [0.05, 0.1) is 17.6 Å². The second-order valence-corrected chi connectivity index (χ2v) is 7.22. The van der Waals surface area contributed by atoms with Gasteiger partial charge >= 0.3 is 0 Å². The molecule has 5 aromatic rings. The average Bonchev–Trinajstić information content (AvgIpc) is 3.46. The molecule has 9 heteroatoms. The third-order valence-electron chi connectivity index (χ3n) is 5.07. The van der Waals surface area contributed by atoms with Gasteiger partial charge in [0.2, 0.25) is 5.95 Å². The lowest BCUT2D eigenvalue weighted by Gasteiger charge is -2.12. The van der Waals surface area contributed by atoms with Crippen LogP contribution in [-0.4, -0.2) is 34.8 Å². The Hall–Kier alpha value is -4.11. The van der Waals surface area contributed by atoms with Crippen molar-refractivity contribution in [2.75, 3.05) is 5.73 Å². The van der Waals surface area contributed by atoms with Crippen LogP contribution in [0.2, 0.25) is 0 Å². The molecule has 4 aromatic heterocycles. The van der Waals surface area contributed by atoms with Gasteiger partial charge < -0.3 is 15.8 Å². The zero-order chi connectivity index (χ0) is 23.5. The number of pyridine rings is 1. The van der Waals surface area contributed by atoms with E-state index in [1.165, 1.54) is 24.3 Å². The topological polar surface area (TPSA) is 119 Å². The lowest BCUT2D eigenvalue weighted by Crippen LogP contribution is -2.07. The maximum Gasteiger partial charge on any atom is 0.220 e. The summed E-state index contributed by atoms with van der Waals surface area (Å²) >= 11 is 0. The van der Waals surface area contributed by atoms with Gasteiger partial charge in [-0.1, -0.05) is 26.0 Å². The predicted molar refractivity (Wildman–Crippen MR) is 126 cm³/mol. The van der Waals surface area contributed by atoms with Gasteiger partial charge in [0.15, 0.2) is 0 Å². The molecule has 0 saturated carbocycles. The number of anilines is 1. The summed E-state index contributed by atoms with van der Waals surface area (Å²) in [4.78, 5) is 16.2. The van der Waals surface area contributed by atoms with Crippen molar-refractivity contribution < 1.29 is 9.50 Å². The van der Waals surface area contributed by atoms with Crippen LogP contribution in [0.3, 0.4) is 0 Å². The Bertz CT molecular complexity index is 1390. The number of hydrogen-bond donors (Lipinski definition) is 3. The van der Waals surface area contributed by atoms with E-state index in [0.717, 1.165) is 22.1 Å². The SMILES string of the molecule is CC.Cn1cc(-c2cnc3[nH]cc(-c4cc(C(O)c5ccc(F)cc5)nc(N)n4)c3c2)cn1. The molecule has 0 fully saturated rings. The van der Waals surface area contributed by atoms with Crippen LogP contribution in [0.15, 0.2) is 61.2 Å². The maximum atomic E-state index is 13.2. The number of fused-ring (bicyclic) bond motifs is 1. The zero-order valence-corrected chi connectivity index (χ0v) is 18.5. The smallest absolute Gasteiger partial charge is 0.220 e. The molecule has 0 aliphatic rings. The summed E-state index contributed by atoms with van der Waals surface area (Å²) in [5.41, 5.74) is 10.6. The molecule has 4 heterocycles. The van der Waals surface area contributed by atoms with Crippen molar-refractivity contribution in [3.8, 4) is 22.4 Å². The minimum Gasteiger partial charge on any atom is -0.382 e. The second kappa shape index (κ2) is 9.17. The van der Waals surface area contributed by atoms with Crippen LogP contribution in [0, 0.1) is 5.82 Å². The van der Waals surface area contributed by atoms with Gasteiger partial charge in [0.25, 0.3) is 0 Å². The average molecular weight is 446 g/mol. The molecule has 0 aliphatic carbocycles. The van der Waals surface area contributed by atoms with E-state index in [9.17, 15) is 9.50 Å². The molecular weight excluding hydrogens is 421 g/mol. The fourth-order valence-electron chi connectivity index (χ4n) is 3.52. The Kier molecular flexibility index (Phi) is 6.14. The molecule has 1 atom stereocenters. The summed E-state index contributed by atoms with van der Waals surface area (Å²) in [6.45, 7) is 4.00. The molecule has 5 rings (SSSR count). The molecule has 0 spiro atoms.